The Balaban J connectivity index is 1.98. The van der Waals surface area contributed by atoms with E-state index in [1.54, 1.807) is 30.0 Å². The van der Waals surface area contributed by atoms with Crippen molar-refractivity contribution in [3.05, 3.63) is 59.7 Å². The maximum Gasteiger partial charge on any atom is 0.339 e. The van der Waals surface area contributed by atoms with E-state index in [2.05, 4.69) is 10.1 Å². The monoisotopic (exact) mass is 359 g/mol. The minimum Gasteiger partial charge on any atom is -0.465 e. The van der Waals surface area contributed by atoms with E-state index in [9.17, 15) is 14.4 Å². The number of rotatable bonds is 6. The topological polar surface area (TPSA) is 81.7 Å². The Morgan fingerprint density at radius 2 is 1.68 bits per heavy atom. The van der Waals surface area contributed by atoms with Crippen LogP contribution in [0.3, 0.4) is 0 Å². The van der Waals surface area contributed by atoms with Crippen molar-refractivity contribution in [2.75, 3.05) is 25.3 Å². The normalized spacial score (nSPS) is 10.0. The molecule has 0 fully saturated rings. The van der Waals surface area contributed by atoms with E-state index in [0.717, 1.165) is 4.90 Å². The third kappa shape index (κ3) is 5.09. The highest BCUT2D eigenvalue weighted by atomic mass is 32.2. The summed E-state index contributed by atoms with van der Waals surface area (Å²) in [4.78, 5) is 36.7. The summed E-state index contributed by atoms with van der Waals surface area (Å²) in [5.41, 5.74) is 0.748. The predicted molar refractivity (Wildman–Crippen MR) is 94.9 cm³/mol. The summed E-state index contributed by atoms with van der Waals surface area (Å²) in [6.45, 7) is -0.460. The van der Waals surface area contributed by atoms with Gasteiger partial charge in [0.2, 0.25) is 0 Å². The van der Waals surface area contributed by atoms with Gasteiger partial charge in [-0.1, -0.05) is 18.2 Å². The first kappa shape index (κ1) is 18.5. The molecule has 2 aromatic carbocycles. The molecule has 6 nitrogen and oxygen atoms in total. The molecule has 25 heavy (non-hydrogen) atoms. The summed E-state index contributed by atoms with van der Waals surface area (Å²) in [5.74, 6) is -1.89. The minimum absolute atomic E-state index is 0.0477. The van der Waals surface area contributed by atoms with E-state index < -0.39 is 24.5 Å². The van der Waals surface area contributed by atoms with Gasteiger partial charge in [0.15, 0.2) is 6.61 Å². The number of hydrogen-bond acceptors (Lipinski definition) is 6. The number of amides is 1. The first-order valence-corrected chi connectivity index (χ1v) is 8.56. The fourth-order valence-corrected chi connectivity index (χ4v) is 2.52. The average Bonchev–Trinajstić information content (AvgIpc) is 2.65. The molecule has 0 saturated heterocycles. The van der Waals surface area contributed by atoms with Crippen LogP contribution in [0.4, 0.5) is 5.69 Å². The van der Waals surface area contributed by atoms with Crippen LogP contribution in [0.2, 0.25) is 0 Å². The van der Waals surface area contributed by atoms with Gasteiger partial charge in [-0.2, -0.15) is 0 Å². The Labute approximate surface area is 149 Å². The van der Waals surface area contributed by atoms with E-state index in [-0.39, 0.29) is 11.1 Å². The Kier molecular flexibility index (Phi) is 6.59. The molecule has 1 amide bonds. The molecule has 0 aliphatic carbocycles. The summed E-state index contributed by atoms with van der Waals surface area (Å²) < 4.78 is 9.62. The molecule has 0 aromatic heterocycles. The lowest BCUT2D eigenvalue weighted by Gasteiger charge is -2.09. The van der Waals surface area contributed by atoms with Crippen molar-refractivity contribution in [1.82, 2.24) is 0 Å². The molecule has 0 atom stereocenters. The van der Waals surface area contributed by atoms with Crippen molar-refractivity contribution in [2.45, 2.75) is 4.90 Å². The van der Waals surface area contributed by atoms with Gasteiger partial charge in [0.05, 0.1) is 18.2 Å². The highest BCUT2D eigenvalue weighted by molar-refractivity contribution is 7.98. The standard InChI is InChI=1S/C18H17NO5S/c1-23-17(21)14-8-3-4-9-15(14)18(22)24-11-16(20)19-12-6-5-7-13(10-12)25-2/h3-10H,11H2,1-2H3,(H,19,20). The van der Waals surface area contributed by atoms with Crippen LogP contribution in [-0.4, -0.2) is 37.8 Å². The lowest BCUT2D eigenvalue weighted by molar-refractivity contribution is -0.119. The zero-order valence-corrected chi connectivity index (χ0v) is 14.6. The molecular weight excluding hydrogens is 342 g/mol. The number of hydrogen-bond donors (Lipinski definition) is 1. The van der Waals surface area contributed by atoms with E-state index in [1.165, 1.54) is 19.2 Å². The first-order chi connectivity index (χ1) is 12.0. The van der Waals surface area contributed by atoms with Gasteiger partial charge in [-0.05, 0) is 36.6 Å². The number of thioether (sulfide) groups is 1. The van der Waals surface area contributed by atoms with Crippen LogP contribution in [-0.2, 0) is 14.3 Å². The lowest BCUT2D eigenvalue weighted by atomic mass is 10.1. The Morgan fingerprint density at radius 1 is 1.00 bits per heavy atom. The highest BCUT2D eigenvalue weighted by Gasteiger charge is 2.19. The number of esters is 2. The Morgan fingerprint density at radius 3 is 2.32 bits per heavy atom. The van der Waals surface area contributed by atoms with Crippen molar-refractivity contribution >= 4 is 35.3 Å². The van der Waals surface area contributed by atoms with E-state index in [0.29, 0.717) is 5.69 Å². The van der Waals surface area contributed by atoms with Gasteiger partial charge >= 0.3 is 11.9 Å². The SMILES string of the molecule is COC(=O)c1ccccc1C(=O)OCC(=O)Nc1cccc(SC)c1. The zero-order chi connectivity index (χ0) is 18.2. The summed E-state index contributed by atoms with van der Waals surface area (Å²) in [6, 6.07) is 13.4. The summed E-state index contributed by atoms with van der Waals surface area (Å²) in [7, 11) is 1.22. The van der Waals surface area contributed by atoms with Crippen LogP contribution in [0.1, 0.15) is 20.7 Å². The minimum atomic E-state index is -0.769. The second-order valence-corrected chi connectivity index (χ2v) is 5.77. The Bertz CT molecular complexity index is 791. The molecule has 2 rings (SSSR count). The van der Waals surface area contributed by atoms with E-state index in [1.807, 2.05) is 24.5 Å². The summed E-state index contributed by atoms with van der Waals surface area (Å²) in [5, 5.41) is 2.65. The molecule has 0 heterocycles. The summed E-state index contributed by atoms with van der Waals surface area (Å²) >= 11 is 1.55. The van der Waals surface area contributed by atoms with Crippen molar-refractivity contribution in [2.24, 2.45) is 0 Å². The van der Waals surface area contributed by atoms with Crippen LogP contribution in [0.5, 0.6) is 0 Å². The molecule has 0 unspecified atom stereocenters. The van der Waals surface area contributed by atoms with Crippen molar-refractivity contribution in [3.8, 4) is 0 Å². The van der Waals surface area contributed by atoms with Gasteiger partial charge in [-0.15, -0.1) is 11.8 Å². The number of carbonyl (C=O) groups excluding carboxylic acids is 3. The number of ether oxygens (including phenoxy) is 2. The van der Waals surface area contributed by atoms with Gasteiger partial charge < -0.3 is 14.8 Å². The Hall–Kier alpha value is -2.80. The lowest BCUT2D eigenvalue weighted by Crippen LogP contribution is -2.22. The number of carbonyl (C=O) groups is 3. The second kappa shape index (κ2) is 8.89. The van der Waals surface area contributed by atoms with Crippen LogP contribution >= 0.6 is 11.8 Å². The van der Waals surface area contributed by atoms with Crippen molar-refractivity contribution < 1.29 is 23.9 Å². The fourth-order valence-electron chi connectivity index (χ4n) is 2.06. The summed E-state index contributed by atoms with van der Waals surface area (Å²) in [6.07, 6.45) is 1.93. The van der Waals surface area contributed by atoms with Crippen LogP contribution < -0.4 is 5.32 Å². The maximum absolute atomic E-state index is 12.1. The average molecular weight is 359 g/mol. The molecule has 0 aliphatic heterocycles. The largest absolute Gasteiger partial charge is 0.465 e. The second-order valence-electron chi connectivity index (χ2n) is 4.89. The zero-order valence-electron chi connectivity index (χ0n) is 13.8. The molecule has 0 radical (unpaired) electrons. The molecule has 0 spiro atoms. The number of benzene rings is 2. The third-order valence-electron chi connectivity index (χ3n) is 3.24. The molecule has 0 bridgehead atoms. The third-order valence-corrected chi connectivity index (χ3v) is 3.97. The van der Waals surface area contributed by atoms with Crippen LogP contribution in [0, 0.1) is 0 Å². The number of nitrogens with one attached hydrogen (secondary N) is 1. The first-order valence-electron chi connectivity index (χ1n) is 7.33. The highest BCUT2D eigenvalue weighted by Crippen LogP contribution is 2.19. The fraction of sp³-hybridized carbons (Fsp3) is 0.167. The van der Waals surface area contributed by atoms with Crippen LogP contribution in [0.15, 0.2) is 53.4 Å². The molecule has 0 saturated carbocycles. The van der Waals surface area contributed by atoms with Crippen LogP contribution in [0.25, 0.3) is 0 Å². The van der Waals surface area contributed by atoms with Gasteiger partial charge in [0.25, 0.3) is 5.91 Å². The molecular formula is C18H17NO5S. The van der Waals surface area contributed by atoms with Gasteiger partial charge in [0.1, 0.15) is 0 Å². The predicted octanol–water partition coefficient (Wildman–Crippen LogP) is 2.99. The van der Waals surface area contributed by atoms with Gasteiger partial charge in [-0.3, -0.25) is 4.79 Å². The maximum atomic E-state index is 12.1. The quantitative estimate of drug-likeness (QED) is 0.631. The van der Waals surface area contributed by atoms with E-state index in [4.69, 9.17) is 4.74 Å². The number of methoxy groups -OCH3 is 1. The molecule has 1 N–H and O–H groups in total. The molecule has 130 valence electrons. The van der Waals surface area contributed by atoms with Crippen molar-refractivity contribution in [1.29, 1.82) is 0 Å². The number of anilines is 1. The van der Waals surface area contributed by atoms with Crippen molar-refractivity contribution in [3.63, 3.8) is 0 Å². The van der Waals surface area contributed by atoms with Gasteiger partial charge in [-0.25, -0.2) is 9.59 Å². The smallest absolute Gasteiger partial charge is 0.339 e. The molecule has 0 aliphatic rings. The van der Waals surface area contributed by atoms with Gasteiger partial charge in [0, 0.05) is 10.6 Å². The molecule has 2 aromatic rings. The molecule has 7 heteroatoms. The van der Waals surface area contributed by atoms with E-state index >= 15 is 0 Å².